The first-order valence-corrected chi connectivity index (χ1v) is 8.95. The van der Waals surface area contributed by atoms with E-state index in [1.54, 1.807) is 0 Å². The highest BCUT2D eigenvalue weighted by Crippen LogP contribution is 2.23. The lowest BCUT2D eigenvalue weighted by atomic mass is 10.1. The van der Waals surface area contributed by atoms with E-state index < -0.39 is 6.36 Å². The molecule has 0 fully saturated rings. The molecule has 1 N–H and O–H groups in total. The predicted octanol–water partition coefficient (Wildman–Crippen LogP) is 4.25. The van der Waals surface area contributed by atoms with Crippen LogP contribution in [0.25, 0.3) is 5.69 Å². The number of hydrogen-bond acceptors (Lipinski definition) is 3. The van der Waals surface area contributed by atoms with E-state index in [4.69, 9.17) is 0 Å². The maximum absolute atomic E-state index is 12.2. The second kappa shape index (κ2) is 8.38. The first-order chi connectivity index (χ1) is 13.7. The summed E-state index contributed by atoms with van der Waals surface area (Å²) in [7, 11) is 0. The van der Waals surface area contributed by atoms with Crippen LogP contribution >= 0.6 is 0 Å². The highest BCUT2D eigenvalue weighted by atomic mass is 19.4. The third-order valence-corrected chi connectivity index (χ3v) is 4.43. The molecule has 0 saturated carbocycles. The van der Waals surface area contributed by atoms with Crippen molar-refractivity contribution >= 4 is 5.91 Å². The average molecular weight is 403 g/mol. The van der Waals surface area contributed by atoms with Crippen molar-refractivity contribution in [1.82, 2.24) is 15.1 Å². The topological polar surface area (TPSA) is 56.2 Å². The Labute approximate surface area is 166 Å². The second-order valence-corrected chi connectivity index (χ2v) is 6.54. The molecule has 1 amide bonds. The molecule has 0 saturated heterocycles. The molecule has 1 aromatic heterocycles. The third-order valence-electron chi connectivity index (χ3n) is 4.43. The smallest absolute Gasteiger partial charge is 0.406 e. The fraction of sp³-hybridized carbons (Fsp3) is 0.238. The van der Waals surface area contributed by atoms with Crippen LogP contribution in [0.3, 0.4) is 0 Å². The van der Waals surface area contributed by atoms with Gasteiger partial charge in [-0.15, -0.1) is 13.2 Å². The van der Waals surface area contributed by atoms with E-state index in [9.17, 15) is 18.0 Å². The number of nitrogens with one attached hydrogen (secondary N) is 1. The van der Waals surface area contributed by atoms with Gasteiger partial charge in [-0.25, -0.2) is 4.68 Å². The van der Waals surface area contributed by atoms with Crippen molar-refractivity contribution in [2.75, 3.05) is 0 Å². The summed E-state index contributed by atoms with van der Waals surface area (Å²) in [4.78, 5) is 12.2. The molecule has 0 bridgehead atoms. The second-order valence-electron chi connectivity index (χ2n) is 6.54. The van der Waals surface area contributed by atoms with Gasteiger partial charge in [0.2, 0.25) is 5.91 Å². The van der Waals surface area contributed by atoms with Crippen LogP contribution < -0.4 is 10.1 Å². The molecule has 152 valence electrons. The number of ether oxygens (including phenoxy) is 1. The summed E-state index contributed by atoms with van der Waals surface area (Å²) in [5.41, 5.74) is 4.20. The number of carbonyl (C=O) groups is 1. The number of halogens is 3. The summed E-state index contributed by atoms with van der Waals surface area (Å²) in [5.74, 6) is -0.554. The lowest BCUT2D eigenvalue weighted by Crippen LogP contribution is -2.25. The summed E-state index contributed by atoms with van der Waals surface area (Å²) in [6, 6.07) is 14.9. The van der Waals surface area contributed by atoms with E-state index in [0.717, 1.165) is 22.6 Å². The maximum Gasteiger partial charge on any atom is 0.573 e. The molecule has 3 rings (SSSR count). The third kappa shape index (κ3) is 5.37. The van der Waals surface area contributed by atoms with Gasteiger partial charge in [0.15, 0.2) is 0 Å². The van der Waals surface area contributed by atoms with Crippen LogP contribution in [-0.2, 0) is 17.8 Å². The van der Waals surface area contributed by atoms with Gasteiger partial charge in [0, 0.05) is 17.8 Å². The summed E-state index contributed by atoms with van der Waals surface area (Å²) in [6.07, 6.45) is -4.68. The van der Waals surface area contributed by atoms with Gasteiger partial charge in [-0.1, -0.05) is 30.3 Å². The molecule has 0 aliphatic carbocycles. The molecule has 5 nitrogen and oxygen atoms in total. The Morgan fingerprint density at radius 1 is 1.07 bits per heavy atom. The zero-order valence-electron chi connectivity index (χ0n) is 16.0. The molecule has 29 heavy (non-hydrogen) atoms. The highest BCUT2D eigenvalue weighted by molar-refractivity contribution is 5.78. The molecule has 0 radical (unpaired) electrons. The zero-order valence-corrected chi connectivity index (χ0v) is 16.0. The van der Waals surface area contributed by atoms with Crippen molar-refractivity contribution in [2.45, 2.75) is 33.2 Å². The van der Waals surface area contributed by atoms with Crippen LogP contribution in [0.2, 0.25) is 0 Å². The number of alkyl halides is 3. The van der Waals surface area contributed by atoms with Crippen molar-refractivity contribution in [2.24, 2.45) is 0 Å². The Balaban J connectivity index is 1.61. The molecule has 1 heterocycles. The van der Waals surface area contributed by atoms with Gasteiger partial charge in [0.25, 0.3) is 0 Å². The average Bonchev–Trinajstić information content (AvgIpc) is 2.95. The SMILES string of the molecule is Cc1nn(-c2ccccc2)c(C)c1CNC(=O)Cc1ccc(OC(F)(F)F)cc1. The molecule has 3 aromatic rings. The van der Waals surface area contributed by atoms with Crippen molar-refractivity contribution < 1.29 is 22.7 Å². The molecule has 0 aliphatic heterocycles. The minimum absolute atomic E-state index is 0.0528. The Bertz CT molecular complexity index is 981. The van der Waals surface area contributed by atoms with Crippen LogP contribution in [0.15, 0.2) is 54.6 Å². The van der Waals surface area contributed by atoms with Crippen LogP contribution in [-0.4, -0.2) is 22.1 Å². The highest BCUT2D eigenvalue weighted by Gasteiger charge is 2.30. The number of rotatable bonds is 6. The van der Waals surface area contributed by atoms with Crippen LogP contribution in [0.1, 0.15) is 22.5 Å². The quantitative estimate of drug-likeness (QED) is 0.670. The molecule has 0 atom stereocenters. The number of amides is 1. The van der Waals surface area contributed by atoms with Crippen molar-refractivity contribution in [1.29, 1.82) is 0 Å². The monoisotopic (exact) mass is 403 g/mol. The van der Waals surface area contributed by atoms with Crippen molar-refractivity contribution in [3.05, 3.63) is 77.1 Å². The first kappa shape index (κ1) is 20.4. The maximum atomic E-state index is 12.2. The van der Waals surface area contributed by atoms with Gasteiger partial charge < -0.3 is 10.1 Å². The molecule has 0 spiro atoms. The van der Waals surface area contributed by atoms with E-state index in [2.05, 4.69) is 15.2 Å². The molecule has 8 heteroatoms. The van der Waals surface area contributed by atoms with E-state index in [0.29, 0.717) is 12.1 Å². The molecular formula is C21H20F3N3O2. The molecular weight excluding hydrogens is 383 g/mol. The van der Waals surface area contributed by atoms with Crippen molar-refractivity contribution in [3.8, 4) is 11.4 Å². The number of benzene rings is 2. The van der Waals surface area contributed by atoms with Crippen LogP contribution in [0.4, 0.5) is 13.2 Å². The van der Waals surface area contributed by atoms with Gasteiger partial charge in [-0.3, -0.25) is 4.79 Å². The van der Waals surface area contributed by atoms with E-state index in [-0.39, 0.29) is 18.1 Å². The normalized spacial score (nSPS) is 11.3. The van der Waals surface area contributed by atoms with Gasteiger partial charge in [0.1, 0.15) is 5.75 Å². The summed E-state index contributed by atoms with van der Waals surface area (Å²) >= 11 is 0. The zero-order chi connectivity index (χ0) is 21.0. The Kier molecular flexibility index (Phi) is 5.91. The summed E-state index contributed by atoms with van der Waals surface area (Å²) < 4.78 is 42.2. The van der Waals surface area contributed by atoms with E-state index in [1.807, 2.05) is 48.9 Å². The lowest BCUT2D eigenvalue weighted by Gasteiger charge is -2.10. The summed E-state index contributed by atoms with van der Waals surface area (Å²) in [6.45, 7) is 4.14. The Morgan fingerprint density at radius 3 is 2.34 bits per heavy atom. The fourth-order valence-electron chi connectivity index (χ4n) is 3.00. The fourth-order valence-corrected chi connectivity index (χ4v) is 3.00. The molecule has 0 aliphatic rings. The molecule has 2 aromatic carbocycles. The number of aromatic nitrogens is 2. The number of hydrogen-bond donors (Lipinski definition) is 1. The standard InChI is InChI=1S/C21H20F3N3O2/c1-14-19(15(2)27(26-14)17-6-4-3-5-7-17)13-25-20(28)12-16-8-10-18(11-9-16)29-21(22,23)24/h3-11H,12-13H2,1-2H3,(H,25,28). The lowest BCUT2D eigenvalue weighted by molar-refractivity contribution is -0.274. The Morgan fingerprint density at radius 2 is 1.72 bits per heavy atom. The van der Waals surface area contributed by atoms with Crippen LogP contribution in [0.5, 0.6) is 5.75 Å². The van der Waals surface area contributed by atoms with Gasteiger partial charge in [0.05, 0.1) is 17.8 Å². The van der Waals surface area contributed by atoms with E-state index >= 15 is 0 Å². The van der Waals surface area contributed by atoms with Crippen molar-refractivity contribution in [3.63, 3.8) is 0 Å². The molecule has 0 unspecified atom stereocenters. The number of aryl methyl sites for hydroxylation is 1. The first-order valence-electron chi connectivity index (χ1n) is 8.95. The van der Waals surface area contributed by atoms with Gasteiger partial charge >= 0.3 is 6.36 Å². The van der Waals surface area contributed by atoms with E-state index in [1.165, 1.54) is 24.3 Å². The number of nitrogens with zero attached hydrogens (tertiary/aromatic N) is 2. The number of carbonyl (C=O) groups excluding carboxylic acids is 1. The Hall–Kier alpha value is -3.29. The van der Waals surface area contributed by atoms with Gasteiger partial charge in [-0.05, 0) is 43.7 Å². The predicted molar refractivity (Wildman–Crippen MR) is 102 cm³/mol. The number of para-hydroxylation sites is 1. The van der Waals surface area contributed by atoms with Gasteiger partial charge in [-0.2, -0.15) is 5.10 Å². The largest absolute Gasteiger partial charge is 0.573 e. The minimum atomic E-state index is -4.74. The minimum Gasteiger partial charge on any atom is -0.406 e. The van der Waals surface area contributed by atoms with Crippen LogP contribution in [0, 0.1) is 13.8 Å². The summed E-state index contributed by atoms with van der Waals surface area (Å²) in [5, 5.41) is 7.38.